The summed E-state index contributed by atoms with van der Waals surface area (Å²) >= 11 is 0. The van der Waals surface area contributed by atoms with Crippen LogP contribution < -0.4 is 15.4 Å². The molecule has 0 aliphatic carbocycles. The van der Waals surface area contributed by atoms with Gasteiger partial charge in [0.1, 0.15) is 48.0 Å². The van der Waals surface area contributed by atoms with Crippen molar-refractivity contribution >= 4 is 17.6 Å². The highest BCUT2D eigenvalue weighted by molar-refractivity contribution is 5.76. The van der Waals surface area contributed by atoms with Crippen molar-refractivity contribution in [3.8, 4) is 11.6 Å². The van der Waals surface area contributed by atoms with Crippen molar-refractivity contribution in [1.82, 2.24) is 29.6 Å². The van der Waals surface area contributed by atoms with Crippen LogP contribution in [0.25, 0.3) is 5.82 Å². The van der Waals surface area contributed by atoms with Gasteiger partial charge in [-0.2, -0.15) is 5.10 Å². The minimum Gasteiger partial charge on any atom is -0.492 e. The first kappa shape index (κ1) is 30.8. The summed E-state index contributed by atoms with van der Waals surface area (Å²) in [5.74, 6) is -0.466. The molecule has 0 saturated carbocycles. The van der Waals surface area contributed by atoms with Crippen molar-refractivity contribution in [2.45, 2.75) is 44.6 Å². The molecule has 0 radical (unpaired) electrons. The van der Waals surface area contributed by atoms with Crippen LogP contribution in [0, 0.1) is 11.6 Å². The van der Waals surface area contributed by atoms with Crippen LogP contribution >= 0.6 is 0 Å². The summed E-state index contributed by atoms with van der Waals surface area (Å²) in [6, 6.07) is 9.79. The molecule has 0 spiro atoms. The number of aryl methyl sites for hydroxylation is 2. The Balaban J connectivity index is 1.17. The summed E-state index contributed by atoms with van der Waals surface area (Å²) in [6.45, 7) is 2.71. The predicted octanol–water partition coefficient (Wildman–Crippen LogP) is 4.35. The quantitative estimate of drug-likeness (QED) is 0.158. The van der Waals surface area contributed by atoms with Gasteiger partial charge in [0.25, 0.3) is 0 Å². The Morgan fingerprint density at radius 3 is 2.77 bits per heavy atom. The van der Waals surface area contributed by atoms with Crippen LogP contribution in [0.2, 0.25) is 0 Å². The Morgan fingerprint density at radius 1 is 1.11 bits per heavy atom. The first-order valence-corrected chi connectivity index (χ1v) is 14.8. The van der Waals surface area contributed by atoms with Crippen LogP contribution in [-0.2, 0) is 17.6 Å². The van der Waals surface area contributed by atoms with Gasteiger partial charge in [-0.15, -0.1) is 0 Å². The number of pyridine rings is 1. The minimum absolute atomic E-state index is 0.108. The number of carbonyl (C=O) groups is 1. The Morgan fingerprint density at radius 2 is 1.98 bits per heavy atom. The van der Waals surface area contributed by atoms with Crippen molar-refractivity contribution in [2.24, 2.45) is 0 Å². The van der Waals surface area contributed by atoms with E-state index in [0.29, 0.717) is 31.3 Å². The number of halogens is 2. The lowest BCUT2D eigenvalue weighted by Gasteiger charge is -2.25. The fraction of sp³-hybridized carbons (Fsp3) is 0.387. The summed E-state index contributed by atoms with van der Waals surface area (Å²) < 4.78 is 34.4. The molecule has 0 saturated heterocycles. The molecule has 3 N–H and O–H groups in total. The maximum Gasteiger partial charge on any atom is 0.326 e. The molecule has 13 heteroatoms. The number of nitrogens with zero attached hydrogens (tertiary/aromatic N) is 6. The molecule has 232 valence electrons. The van der Waals surface area contributed by atoms with Crippen molar-refractivity contribution in [1.29, 1.82) is 0 Å². The van der Waals surface area contributed by atoms with E-state index in [2.05, 4.69) is 42.7 Å². The number of rotatable bonds is 16. The van der Waals surface area contributed by atoms with Crippen LogP contribution in [0.1, 0.15) is 36.9 Å². The lowest BCUT2D eigenvalue weighted by atomic mass is 10.1. The maximum absolute atomic E-state index is 13.6. The molecule has 0 fully saturated rings. The number of carboxylic acid groups (broad SMARTS) is 1. The Bertz CT molecular complexity index is 1500. The van der Waals surface area contributed by atoms with Gasteiger partial charge in [0.2, 0.25) is 0 Å². The van der Waals surface area contributed by atoms with Gasteiger partial charge >= 0.3 is 5.97 Å². The first-order chi connectivity index (χ1) is 21.4. The predicted molar refractivity (Wildman–Crippen MR) is 161 cm³/mol. The fourth-order valence-electron chi connectivity index (χ4n) is 5.09. The molecule has 0 unspecified atom stereocenters. The van der Waals surface area contributed by atoms with Gasteiger partial charge in [-0.1, -0.05) is 6.07 Å². The highest BCUT2D eigenvalue weighted by Crippen LogP contribution is 2.21. The lowest BCUT2D eigenvalue weighted by molar-refractivity contribution is -0.138. The van der Waals surface area contributed by atoms with E-state index in [9.17, 15) is 18.7 Å². The van der Waals surface area contributed by atoms with Crippen LogP contribution in [0.3, 0.4) is 0 Å². The molecule has 3 aromatic heterocycles. The zero-order chi connectivity index (χ0) is 30.7. The van der Waals surface area contributed by atoms with E-state index in [1.54, 1.807) is 29.2 Å². The number of hydrogen-bond donors (Lipinski definition) is 3. The third-order valence-corrected chi connectivity index (χ3v) is 7.37. The number of benzene rings is 1. The number of hydrogen-bond acceptors (Lipinski definition) is 9. The normalized spacial score (nSPS) is 13.2. The van der Waals surface area contributed by atoms with Crippen LogP contribution in [-0.4, -0.2) is 79.5 Å². The highest BCUT2D eigenvalue weighted by atomic mass is 19.1. The average Bonchev–Trinajstić information content (AvgIpc) is 3.56. The first-order valence-electron chi connectivity index (χ1n) is 14.8. The summed E-state index contributed by atoms with van der Waals surface area (Å²) in [4.78, 5) is 27.4. The third-order valence-electron chi connectivity index (χ3n) is 7.37. The molecule has 0 bridgehead atoms. The molecule has 4 aromatic rings. The summed E-state index contributed by atoms with van der Waals surface area (Å²) in [5.41, 5.74) is 2.29. The zero-order valence-electron chi connectivity index (χ0n) is 24.3. The van der Waals surface area contributed by atoms with E-state index < -0.39 is 23.6 Å². The number of fused-ring (bicyclic) bond motifs is 1. The van der Waals surface area contributed by atoms with Gasteiger partial charge in [-0.25, -0.2) is 33.2 Å². The van der Waals surface area contributed by atoms with Crippen molar-refractivity contribution < 1.29 is 23.4 Å². The van der Waals surface area contributed by atoms with E-state index in [1.807, 2.05) is 0 Å². The zero-order valence-corrected chi connectivity index (χ0v) is 24.3. The molecule has 5 rings (SSSR count). The van der Waals surface area contributed by atoms with Crippen LogP contribution in [0.5, 0.6) is 5.75 Å². The third kappa shape index (κ3) is 8.93. The SMILES string of the molecule is O=C(O)[C@H](CCN(CCCCc1ccc2c(n1)NCCC2)CCOc1cc(F)cc(F)c1)Nc1cc(-n2cccn2)ncn1. The van der Waals surface area contributed by atoms with Gasteiger partial charge in [0.15, 0.2) is 5.82 Å². The smallest absolute Gasteiger partial charge is 0.326 e. The highest BCUT2D eigenvalue weighted by Gasteiger charge is 2.20. The van der Waals surface area contributed by atoms with Gasteiger partial charge in [-0.05, 0) is 62.8 Å². The number of anilines is 2. The molecule has 1 atom stereocenters. The van der Waals surface area contributed by atoms with Crippen LogP contribution in [0.4, 0.5) is 20.4 Å². The van der Waals surface area contributed by atoms with Gasteiger partial charge < -0.3 is 20.5 Å². The van der Waals surface area contributed by atoms with E-state index in [0.717, 1.165) is 68.4 Å². The summed E-state index contributed by atoms with van der Waals surface area (Å²) in [7, 11) is 0. The molecule has 4 heterocycles. The number of unbranched alkanes of at least 4 members (excludes halogenated alkanes) is 1. The van der Waals surface area contributed by atoms with Gasteiger partial charge in [-0.3, -0.25) is 4.90 Å². The molecular weight excluding hydrogens is 570 g/mol. The minimum atomic E-state index is -1.01. The van der Waals surface area contributed by atoms with E-state index in [4.69, 9.17) is 9.72 Å². The van der Waals surface area contributed by atoms with E-state index in [-0.39, 0.29) is 18.8 Å². The number of nitrogens with one attached hydrogen (secondary N) is 2. The largest absolute Gasteiger partial charge is 0.492 e. The summed E-state index contributed by atoms with van der Waals surface area (Å²) in [6.07, 6.45) is 9.73. The molecule has 1 aromatic carbocycles. The number of ether oxygens (including phenoxy) is 1. The number of aliphatic carboxylic acids is 1. The molecule has 0 amide bonds. The van der Waals surface area contributed by atoms with E-state index >= 15 is 0 Å². The lowest BCUT2D eigenvalue weighted by Crippen LogP contribution is -2.37. The molecule has 11 nitrogen and oxygen atoms in total. The Hall–Kier alpha value is -4.65. The van der Waals surface area contributed by atoms with Gasteiger partial charge in [0.05, 0.1) is 0 Å². The second-order valence-corrected chi connectivity index (χ2v) is 10.6. The van der Waals surface area contributed by atoms with Crippen molar-refractivity contribution in [3.05, 3.63) is 84.1 Å². The Labute approximate surface area is 254 Å². The topological polar surface area (TPSA) is 130 Å². The molecule has 1 aliphatic heterocycles. The van der Waals surface area contributed by atoms with Crippen molar-refractivity contribution in [3.63, 3.8) is 0 Å². The number of aromatic nitrogens is 5. The number of carboxylic acids is 1. The maximum atomic E-state index is 13.6. The van der Waals surface area contributed by atoms with Crippen LogP contribution in [0.15, 0.2) is 61.2 Å². The monoisotopic (exact) mass is 606 g/mol. The average molecular weight is 607 g/mol. The summed E-state index contributed by atoms with van der Waals surface area (Å²) in [5, 5.41) is 20.5. The second-order valence-electron chi connectivity index (χ2n) is 10.6. The standard InChI is InChI=1S/C31H36F2N8O3/c32-23-17-24(33)19-26(18-23)44-16-15-40(12-2-1-6-25-8-7-22-5-3-10-34-30(22)38-25)14-9-27(31(42)43)39-28-20-29(36-21-35-28)41-13-4-11-37-41/h4,7-8,11,13,17-21,27H,1-3,5-6,9-10,12,14-16H2,(H,34,38)(H,42,43)(H,35,36,39)/t27-/m0/s1. The molecule has 1 aliphatic rings. The van der Waals surface area contributed by atoms with Crippen molar-refractivity contribution in [2.75, 3.05) is 43.4 Å². The Kier molecular flexibility index (Phi) is 10.6. The molecule has 44 heavy (non-hydrogen) atoms. The second kappa shape index (κ2) is 15.2. The molecular formula is C31H36F2N8O3. The van der Waals surface area contributed by atoms with Gasteiger partial charge in [0, 0.05) is 62.0 Å². The van der Waals surface area contributed by atoms with E-state index in [1.165, 1.54) is 11.9 Å². The fourth-order valence-corrected chi connectivity index (χ4v) is 5.09.